The number of H-pyrrole nitrogens is 1. The smallest absolute Gasteiger partial charge is 0.269 e. The molecule has 140 valence electrons. The molecule has 27 heavy (non-hydrogen) atoms. The second kappa shape index (κ2) is 7.36. The van der Waals surface area contributed by atoms with Crippen LogP contribution in [-0.2, 0) is 6.42 Å². The van der Waals surface area contributed by atoms with Crippen molar-refractivity contribution in [3.05, 3.63) is 45.8 Å². The van der Waals surface area contributed by atoms with Gasteiger partial charge in [0.15, 0.2) is 11.5 Å². The minimum Gasteiger partial charge on any atom is -0.476 e. The highest BCUT2D eigenvalue weighted by Gasteiger charge is 2.19. The Morgan fingerprint density at radius 1 is 1.26 bits per heavy atom. The maximum atomic E-state index is 12.1. The molecular weight excluding hydrogens is 352 g/mol. The third-order valence-electron chi connectivity index (χ3n) is 3.87. The number of nitrogens with one attached hydrogen (secondary N) is 1. The predicted molar refractivity (Wildman–Crippen MR) is 97.6 cm³/mol. The first kappa shape index (κ1) is 18.2. The number of ketones is 1. The maximum Gasteiger partial charge on any atom is 0.269 e. The Labute approximate surface area is 153 Å². The average Bonchev–Trinajstić information content (AvgIpc) is 3.05. The van der Waals surface area contributed by atoms with Crippen molar-refractivity contribution in [1.82, 2.24) is 19.9 Å². The Bertz CT molecular complexity index is 997. The van der Waals surface area contributed by atoms with Crippen molar-refractivity contribution >= 4 is 28.6 Å². The molecule has 0 unspecified atom stereocenters. The number of nitro groups is 1. The second-order valence-corrected chi connectivity index (χ2v) is 6.21. The van der Waals surface area contributed by atoms with Gasteiger partial charge in [-0.25, -0.2) is 4.98 Å². The van der Waals surface area contributed by atoms with Gasteiger partial charge in [0.1, 0.15) is 5.52 Å². The van der Waals surface area contributed by atoms with E-state index in [2.05, 4.69) is 19.9 Å². The summed E-state index contributed by atoms with van der Waals surface area (Å²) in [6.45, 7) is 3.81. The van der Waals surface area contributed by atoms with E-state index in [1.54, 1.807) is 26.0 Å². The number of non-ortho nitro benzene ring substituents is 1. The summed E-state index contributed by atoms with van der Waals surface area (Å²) in [4.78, 5) is 37.5. The summed E-state index contributed by atoms with van der Waals surface area (Å²) in [6, 6.07) is 6.21. The Morgan fingerprint density at radius 2 is 1.96 bits per heavy atom. The number of hydrogen-bond donors (Lipinski definition) is 2. The molecule has 3 N–H and O–H groups in total. The fourth-order valence-electron chi connectivity index (χ4n) is 2.43. The number of nitrogen functional groups attached to an aromatic ring is 1. The zero-order chi connectivity index (χ0) is 19.6. The van der Waals surface area contributed by atoms with Gasteiger partial charge in [-0.05, 0) is 5.56 Å². The number of nitrogens with two attached hydrogens (primary N) is 1. The van der Waals surface area contributed by atoms with Crippen LogP contribution in [0, 0.1) is 16.0 Å². The molecule has 0 saturated carbocycles. The van der Waals surface area contributed by atoms with Crippen molar-refractivity contribution in [1.29, 1.82) is 0 Å². The highest BCUT2D eigenvalue weighted by atomic mass is 16.6. The number of nitrogens with zero attached hydrogens (tertiary/aromatic N) is 4. The molecule has 0 radical (unpaired) electrons. The fraction of sp³-hybridized carbons (Fsp3) is 0.294. The first-order valence-corrected chi connectivity index (χ1v) is 8.28. The largest absolute Gasteiger partial charge is 0.476 e. The summed E-state index contributed by atoms with van der Waals surface area (Å²) in [7, 11) is 0. The van der Waals surface area contributed by atoms with E-state index >= 15 is 0 Å². The molecule has 0 fully saturated rings. The summed E-state index contributed by atoms with van der Waals surface area (Å²) in [5.41, 5.74) is 7.26. The van der Waals surface area contributed by atoms with Gasteiger partial charge in [0, 0.05) is 24.5 Å². The number of anilines is 1. The summed E-state index contributed by atoms with van der Waals surface area (Å²) in [6.07, 6.45) is 0.509. The standard InChI is InChI=1S/C17H18N6O4/c1-9(2)13(24)15-19-12-14(20-15)21-17(18)22-16(12)27-8-7-10-3-5-11(6-4-10)23(25)26/h3-6,9H,7-8H2,1-2H3,(H3,18,19,20,21,22). The molecule has 0 aliphatic heterocycles. The molecule has 0 bridgehead atoms. The molecule has 0 aliphatic carbocycles. The number of carbonyl (C=O) groups excluding carboxylic acids is 1. The van der Waals surface area contributed by atoms with E-state index in [-0.39, 0.29) is 47.3 Å². The quantitative estimate of drug-likeness (QED) is 0.365. The number of imidazole rings is 1. The van der Waals surface area contributed by atoms with Gasteiger partial charge in [0.2, 0.25) is 17.6 Å². The van der Waals surface area contributed by atoms with Gasteiger partial charge < -0.3 is 15.5 Å². The van der Waals surface area contributed by atoms with Crippen molar-refractivity contribution in [2.75, 3.05) is 12.3 Å². The van der Waals surface area contributed by atoms with E-state index in [1.165, 1.54) is 12.1 Å². The van der Waals surface area contributed by atoms with Crippen LogP contribution in [0.15, 0.2) is 24.3 Å². The topological polar surface area (TPSA) is 150 Å². The number of fused-ring (bicyclic) bond motifs is 1. The Balaban J connectivity index is 1.76. The van der Waals surface area contributed by atoms with E-state index < -0.39 is 4.92 Å². The summed E-state index contributed by atoms with van der Waals surface area (Å²) in [5, 5.41) is 10.7. The van der Waals surface area contributed by atoms with E-state index in [1.807, 2.05) is 0 Å². The lowest BCUT2D eigenvalue weighted by molar-refractivity contribution is -0.384. The normalized spacial score (nSPS) is 11.1. The van der Waals surface area contributed by atoms with Gasteiger partial charge in [-0.2, -0.15) is 9.97 Å². The van der Waals surface area contributed by atoms with E-state index in [4.69, 9.17) is 10.5 Å². The molecule has 0 amide bonds. The second-order valence-electron chi connectivity index (χ2n) is 6.21. The molecule has 0 atom stereocenters. The molecule has 10 nitrogen and oxygen atoms in total. The van der Waals surface area contributed by atoms with Crippen LogP contribution < -0.4 is 10.5 Å². The van der Waals surface area contributed by atoms with Gasteiger partial charge >= 0.3 is 0 Å². The van der Waals surface area contributed by atoms with Gasteiger partial charge in [0.25, 0.3) is 5.69 Å². The highest BCUT2D eigenvalue weighted by molar-refractivity contribution is 5.97. The zero-order valence-electron chi connectivity index (χ0n) is 14.8. The van der Waals surface area contributed by atoms with Crippen LogP contribution in [0.3, 0.4) is 0 Å². The van der Waals surface area contributed by atoms with Crippen molar-refractivity contribution in [3.63, 3.8) is 0 Å². The van der Waals surface area contributed by atoms with Crippen LogP contribution in [0.25, 0.3) is 11.2 Å². The monoisotopic (exact) mass is 370 g/mol. The van der Waals surface area contributed by atoms with Crippen molar-refractivity contribution in [2.24, 2.45) is 5.92 Å². The first-order chi connectivity index (χ1) is 12.8. The van der Waals surface area contributed by atoms with E-state index in [0.717, 1.165) is 5.56 Å². The molecule has 0 spiro atoms. The SMILES string of the molecule is CC(C)C(=O)c1nc2nc(N)nc(OCCc3ccc([N+](=O)[O-])cc3)c2[nH]1. The average molecular weight is 370 g/mol. The first-order valence-electron chi connectivity index (χ1n) is 8.28. The van der Waals surface area contributed by atoms with Gasteiger partial charge in [-0.3, -0.25) is 14.9 Å². The summed E-state index contributed by atoms with van der Waals surface area (Å²) >= 11 is 0. The molecular formula is C17H18N6O4. The number of hydrogen-bond acceptors (Lipinski definition) is 8. The molecule has 10 heteroatoms. The third-order valence-corrected chi connectivity index (χ3v) is 3.87. The van der Waals surface area contributed by atoms with Crippen LogP contribution in [0.1, 0.15) is 30.0 Å². The number of Topliss-reactive ketones (excluding diaryl/α,β-unsaturated/α-hetero) is 1. The van der Waals surface area contributed by atoms with E-state index in [9.17, 15) is 14.9 Å². The van der Waals surface area contributed by atoms with Gasteiger partial charge in [-0.15, -0.1) is 0 Å². The number of aromatic amines is 1. The Morgan fingerprint density at radius 3 is 2.59 bits per heavy atom. The lowest BCUT2D eigenvalue weighted by Crippen LogP contribution is -2.09. The summed E-state index contributed by atoms with van der Waals surface area (Å²) < 4.78 is 5.69. The minimum absolute atomic E-state index is 0.0112. The van der Waals surface area contributed by atoms with Crippen LogP contribution >= 0.6 is 0 Å². The molecule has 2 heterocycles. The number of benzene rings is 1. The van der Waals surface area contributed by atoms with Crippen molar-refractivity contribution in [2.45, 2.75) is 20.3 Å². The molecule has 2 aromatic heterocycles. The van der Waals surface area contributed by atoms with Crippen LogP contribution in [-0.4, -0.2) is 37.2 Å². The molecule has 3 rings (SSSR count). The Hall–Kier alpha value is -3.56. The van der Waals surface area contributed by atoms with E-state index in [0.29, 0.717) is 11.9 Å². The van der Waals surface area contributed by atoms with Crippen LogP contribution in [0.4, 0.5) is 11.6 Å². The number of rotatable bonds is 7. The lowest BCUT2D eigenvalue weighted by Gasteiger charge is -2.06. The third kappa shape index (κ3) is 4.00. The molecule has 0 aliphatic rings. The van der Waals surface area contributed by atoms with Crippen molar-refractivity contribution < 1.29 is 14.5 Å². The maximum absolute atomic E-state index is 12.1. The lowest BCUT2D eigenvalue weighted by atomic mass is 10.1. The molecule has 3 aromatic rings. The molecule has 0 saturated heterocycles. The summed E-state index contributed by atoms with van der Waals surface area (Å²) in [5.74, 6) is 0.00324. The van der Waals surface area contributed by atoms with Gasteiger partial charge in [0.05, 0.1) is 11.5 Å². The van der Waals surface area contributed by atoms with Crippen LogP contribution in [0.5, 0.6) is 5.88 Å². The number of carbonyl (C=O) groups is 1. The predicted octanol–water partition coefficient (Wildman–Crippen LogP) is 2.30. The highest BCUT2D eigenvalue weighted by Crippen LogP contribution is 2.22. The number of ether oxygens (including phenoxy) is 1. The van der Waals surface area contributed by atoms with Gasteiger partial charge in [-0.1, -0.05) is 26.0 Å². The minimum atomic E-state index is -0.449. The Kier molecular flexibility index (Phi) is 4.97. The zero-order valence-corrected chi connectivity index (χ0v) is 14.8. The van der Waals surface area contributed by atoms with Crippen LogP contribution in [0.2, 0.25) is 0 Å². The van der Waals surface area contributed by atoms with Crippen molar-refractivity contribution in [3.8, 4) is 5.88 Å². The fourth-order valence-corrected chi connectivity index (χ4v) is 2.43. The number of aromatic nitrogens is 4. The molecule has 1 aromatic carbocycles. The number of nitro benzene ring substituents is 1.